The quantitative estimate of drug-likeness (QED) is 0.887. The smallest absolute Gasteiger partial charge is 0.233 e. The molecule has 8 heteroatoms. The summed E-state index contributed by atoms with van der Waals surface area (Å²) in [6, 6.07) is 6.04. The Balaban J connectivity index is 0.00000182. The second-order valence-corrected chi connectivity index (χ2v) is 6.38. The predicted molar refractivity (Wildman–Crippen MR) is 94.7 cm³/mol. The van der Waals surface area contributed by atoms with E-state index >= 15 is 0 Å². The topological polar surface area (TPSA) is 72.7 Å². The van der Waals surface area contributed by atoms with Gasteiger partial charge in [0, 0.05) is 19.6 Å². The molecule has 2 atom stereocenters. The third kappa shape index (κ3) is 3.58. The van der Waals surface area contributed by atoms with Crippen molar-refractivity contribution in [2.75, 3.05) is 40.4 Å². The van der Waals surface area contributed by atoms with Crippen molar-refractivity contribution in [3.63, 3.8) is 0 Å². The molecule has 0 saturated carbocycles. The molecule has 2 aliphatic rings. The molecule has 7 nitrogen and oxygen atoms in total. The fourth-order valence-corrected chi connectivity index (χ4v) is 3.30. The molecule has 0 aliphatic carbocycles. The van der Waals surface area contributed by atoms with Crippen LogP contribution in [-0.4, -0.2) is 55.4 Å². The van der Waals surface area contributed by atoms with Crippen LogP contribution in [0, 0.1) is 0 Å². The maximum atomic E-state index is 5.86. The molecule has 136 valence electrons. The summed E-state index contributed by atoms with van der Waals surface area (Å²) in [5, 5.41) is 7.58. The van der Waals surface area contributed by atoms with Gasteiger partial charge in [-0.3, -0.25) is 4.90 Å². The summed E-state index contributed by atoms with van der Waals surface area (Å²) in [6.07, 6.45) is 0.812. The van der Waals surface area contributed by atoms with E-state index in [2.05, 4.69) is 27.4 Å². The minimum atomic E-state index is 0. The van der Waals surface area contributed by atoms with Gasteiger partial charge >= 0.3 is 0 Å². The van der Waals surface area contributed by atoms with Gasteiger partial charge in [0.2, 0.25) is 5.89 Å². The van der Waals surface area contributed by atoms with E-state index in [0.717, 1.165) is 48.9 Å². The average Bonchev–Trinajstić information content (AvgIpc) is 3.11. The number of hydrogen-bond acceptors (Lipinski definition) is 7. The zero-order valence-corrected chi connectivity index (χ0v) is 15.2. The Labute approximate surface area is 153 Å². The Morgan fingerprint density at radius 1 is 1.36 bits per heavy atom. The molecule has 0 amide bonds. The van der Waals surface area contributed by atoms with Crippen LogP contribution >= 0.6 is 12.4 Å². The van der Waals surface area contributed by atoms with Crippen LogP contribution in [0.5, 0.6) is 11.5 Å². The number of nitrogens with one attached hydrogen (secondary N) is 1. The third-order valence-corrected chi connectivity index (χ3v) is 4.79. The van der Waals surface area contributed by atoms with E-state index in [1.54, 1.807) is 7.11 Å². The van der Waals surface area contributed by atoms with Crippen molar-refractivity contribution in [2.45, 2.75) is 18.4 Å². The van der Waals surface area contributed by atoms with Gasteiger partial charge in [-0.25, -0.2) is 0 Å². The Hall–Kier alpha value is -1.83. The average molecular weight is 367 g/mol. The number of likely N-dealkylation sites (N-methyl/N-ethyl adjacent to an activating group) is 1. The molecule has 0 bridgehead atoms. The number of halogens is 1. The van der Waals surface area contributed by atoms with E-state index in [1.807, 2.05) is 18.2 Å². The Bertz CT molecular complexity index is 724. The monoisotopic (exact) mass is 366 g/mol. The summed E-state index contributed by atoms with van der Waals surface area (Å²) < 4.78 is 16.7. The maximum absolute atomic E-state index is 5.86. The Morgan fingerprint density at radius 2 is 2.24 bits per heavy atom. The van der Waals surface area contributed by atoms with Crippen LogP contribution in [0.2, 0.25) is 0 Å². The van der Waals surface area contributed by atoms with E-state index in [9.17, 15) is 0 Å². The third-order valence-electron chi connectivity index (χ3n) is 4.79. The molecule has 3 heterocycles. The highest BCUT2D eigenvalue weighted by molar-refractivity contribution is 5.85. The standard InChI is InChI=1S/C17H22N4O3.ClH/c1-21-6-5-18-9-14(21)16-19-17(24-20-16)12-7-11-8-13(22-2)3-4-15(11)23-10-12;/h3-4,8,12,14,18H,5-7,9-10H2,1-2H3;1H. The van der Waals surface area contributed by atoms with Gasteiger partial charge in [0.1, 0.15) is 18.1 Å². The number of aromatic nitrogens is 2. The summed E-state index contributed by atoms with van der Waals surface area (Å²) in [4.78, 5) is 6.91. The van der Waals surface area contributed by atoms with Crippen LogP contribution in [0.1, 0.15) is 29.2 Å². The van der Waals surface area contributed by atoms with Crippen molar-refractivity contribution in [3.05, 3.63) is 35.5 Å². The van der Waals surface area contributed by atoms with Gasteiger partial charge in [0.05, 0.1) is 19.1 Å². The molecule has 0 spiro atoms. The van der Waals surface area contributed by atoms with Crippen molar-refractivity contribution in [3.8, 4) is 11.5 Å². The first-order valence-electron chi connectivity index (χ1n) is 8.29. The highest BCUT2D eigenvalue weighted by Gasteiger charge is 2.30. The van der Waals surface area contributed by atoms with E-state index in [0.29, 0.717) is 12.5 Å². The first-order chi connectivity index (χ1) is 11.7. The number of methoxy groups -OCH3 is 1. The molecule has 2 aromatic rings. The molecule has 2 aliphatic heterocycles. The summed E-state index contributed by atoms with van der Waals surface area (Å²) in [5.74, 6) is 3.21. The summed E-state index contributed by atoms with van der Waals surface area (Å²) in [6.45, 7) is 3.37. The van der Waals surface area contributed by atoms with Gasteiger partial charge in [-0.2, -0.15) is 4.98 Å². The number of benzene rings is 1. The molecule has 1 fully saturated rings. The van der Waals surface area contributed by atoms with Gasteiger partial charge in [-0.05, 0) is 37.2 Å². The zero-order chi connectivity index (χ0) is 16.5. The zero-order valence-electron chi connectivity index (χ0n) is 14.4. The van der Waals surface area contributed by atoms with Gasteiger partial charge in [0.15, 0.2) is 5.82 Å². The van der Waals surface area contributed by atoms with Crippen LogP contribution in [-0.2, 0) is 6.42 Å². The summed E-state index contributed by atoms with van der Waals surface area (Å²) in [5.41, 5.74) is 1.11. The van der Waals surface area contributed by atoms with Crippen LogP contribution in [0.4, 0.5) is 0 Å². The number of rotatable bonds is 3. The van der Waals surface area contributed by atoms with Crippen LogP contribution in [0.25, 0.3) is 0 Å². The first-order valence-corrected chi connectivity index (χ1v) is 8.29. The second kappa shape index (κ2) is 7.59. The number of hydrogen-bond donors (Lipinski definition) is 1. The lowest BCUT2D eigenvalue weighted by Crippen LogP contribution is -2.44. The molecular weight excluding hydrogens is 344 g/mol. The van der Waals surface area contributed by atoms with Crippen LogP contribution in [0.15, 0.2) is 22.7 Å². The molecule has 4 rings (SSSR count). The molecule has 1 N–H and O–H groups in total. The summed E-state index contributed by atoms with van der Waals surface area (Å²) >= 11 is 0. The number of ether oxygens (including phenoxy) is 2. The fraction of sp³-hybridized carbons (Fsp3) is 0.529. The van der Waals surface area contributed by atoms with Crippen LogP contribution < -0.4 is 14.8 Å². The summed E-state index contributed by atoms with van der Waals surface area (Å²) in [7, 11) is 3.76. The van der Waals surface area contributed by atoms with Gasteiger partial charge in [-0.15, -0.1) is 12.4 Å². The number of fused-ring (bicyclic) bond motifs is 1. The largest absolute Gasteiger partial charge is 0.497 e. The van der Waals surface area contributed by atoms with Crippen molar-refractivity contribution < 1.29 is 14.0 Å². The van der Waals surface area contributed by atoms with Gasteiger partial charge < -0.3 is 19.3 Å². The number of nitrogens with zero attached hydrogens (tertiary/aromatic N) is 3. The lowest BCUT2D eigenvalue weighted by Gasteiger charge is -2.30. The van der Waals surface area contributed by atoms with Crippen LogP contribution in [0.3, 0.4) is 0 Å². The second-order valence-electron chi connectivity index (χ2n) is 6.38. The molecular formula is C17H23ClN4O3. The predicted octanol–water partition coefficient (Wildman–Crippen LogP) is 1.79. The van der Waals surface area contributed by atoms with E-state index in [1.165, 1.54) is 0 Å². The van der Waals surface area contributed by atoms with Crippen molar-refractivity contribution in [1.82, 2.24) is 20.4 Å². The van der Waals surface area contributed by atoms with Gasteiger partial charge in [-0.1, -0.05) is 5.16 Å². The minimum absolute atomic E-state index is 0. The maximum Gasteiger partial charge on any atom is 0.233 e. The molecule has 25 heavy (non-hydrogen) atoms. The lowest BCUT2D eigenvalue weighted by atomic mass is 9.96. The fourth-order valence-electron chi connectivity index (χ4n) is 3.30. The molecule has 1 aromatic heterocycles. The first kappa shape index (κ1) is 18.0. The molecule has 2 unspecified atom stereocenters. The molecule has 0 radical (unpaired) electrons. The highest BCUT2D eigenvalue weighted by atomic mass is 35.5. The van der Waals surface area contributed by atoms with Gasteiger partial charge in [0.25, 0.3) is 0 Å². The SMILES string of the molecule is COc1ccc2c(c1)CC(c1nc(C3CNCCN3C)no1)CO2.Cl. The Kier molecular flexibility index (Phi) is 5.46. The lowest BCUT2D eigenvalue weighted by molar-refractivity contribution is 0.189. The normalized spacial score (nSPS) is 23.3. The van der Waals surface area contributed by atoms with E-state index in [-0.39, 0.29) is 24.4 Å². The van der Waals surface area contributed by atoms with Crippen molar-refractivity contribution >= 4 is 12.4 Å². The van der Waals surface area contributed by atoms with E-state index < -0.39 is 0 Å². The highest BCUT2D eigenvalue weighted by Crippen LogP contribution is 2.34. The minimum Gasteiger partial charge on any atom is -0.497 e. The number of piperazine rings is 1. The van der Waals surface area contributed by atoms with E-state index in [4.69, 9.17) is 14.0 Å². The van der Waals surface area contributed by atoms with Crippen molar-refractivity contribution in [1.29, 1.82) is 0 Å². The molecule has 1 aromatic carbocycles. The Morgan fingerprint density at radius 3 is 3.04 bits per heavy atom. The van der Waals surface area contributed by atoms with Crippen molar-refractivity contribution in [2.24, 2.45) is 0 Å². The molecule has 1 saturated heterocycles.